The Bertz CT molecular complexity index is 451. The van der Waals surface area contributed by atoms with E-state index in [4.69, 9.17) is 0 Å². The van der Waals surface area contributed by atoms with Crippen LogP contribution in [0.4, 0.5) is 0 Å². The van der Waals surface area contributed by atoms with E-state index in [1.807, 2.05) is 36.9 Å². The molecule has 3 nitrogen and oxygen atoms in total. The maximum Gasteiger partial charge on any atom is 0.229 e. The van der Waals surface area contributed by atoms with Crippen molar-refractivity contribution in [2.24, 2.45) is 5.41 Å². The van der Waals surface area contributed by atoms with E-state index in [1.54, 1.807) is 0 Å². The van der Waals surface area contributed by atoms with Crippen molar-refractivity contribution in [3.63, 3.8) is 0 Å². The van der Waals surface area contributed by atoms with Gasteiger partial charge in [0, 0.05) is 25.2 Å². The lowest BCUT2D eigenvalue weighted by Gasteiger charge is -2.31. The van der Waals surface area contributed by atoms with E-state index < -0.39 is 0 Å². The molecule has 0 radical (unpaired) electrons. The molecule has 0 saturated carbocycles. The Labute approximate surface area is 116 Å². The second-order valence-electron chi connectivity index (χ2n) is 6.77. The number of amides is 1. The van der Waals surface area contributed by atoms with Gasteiger partial charge in [-0.05, 0) is 33.3 Å². The van der Waals surface area contributed by atoms with Crippen LogP contribution in [0.15, 0.2) is 30.3 Å². The van der Waals surface area contributed by atoms with Crippen LogP contribution in [-0.4, -0.2) is 29.4 Å². The Balaban J connectivity index is 2.22. The first-order chi connectivity index (χ1) is 8.80. The molecule has 1 aromatic carbocycles. The van der Waals surface area contributed by atoms with Crippen molar-refractivity contribution in [2.75, 3.05) is 13.1 Å². The van der Waals surface area contributed by atoms with Crippen molar-refractivity contribution in [3.05, 3.63) is 35.9 Å². The predicted molar refractivity (Wildman–Crippen MR) is 77.7 cm³/mol. The molecule has 1 aliphatic rings. The summed E-state index contributed by atoms with van der Waals surface area (Å²) in [6.07, 6.45) is 0. The summed E-state index contributed by atoms with van der Waals surface area (Å²) in [7, 11) is 0. The van der Waals surface area contributed by atoms with E-state index in [0.29, 0.717) is 6.54 Å². The SMILES string of the molecule is CC1(C)CN(Cc2ccccc2)C(=O)C(C)(C)CN1. The first-order valence-corrected chi connectivity index (χ1v) is 6.89. The first-order valence-electron chi connectivity index (χ1n) is 6.89. The van der Waals surface area contributed by atoms with Gasteiger partial charge >= 0.3 is 0 Å². The van der Waals surface area contributed by atoms with Crippen molar-refractivity contribution >= 4 is 5.91 Å². The van der Waals surface area contributed by atoms with Crippen molar-refractivity contribution < 1.29 is 4.79 Å². The van der Waals surface area contributed by atoms with Gasteiger partial charge in [0.05, 0.1) is 5.41 Å². The lowest BCUT2D eigenvalue weighted by atomic mass is 9.92. The van der Waals surface area contributed by atoms with Gasteiger partial charge in [0.15, 0.2) is 0 Å². The van der Waals surface area contributed by atoms with Gasteiger partial charge < -0.3 is 10.2 Å². The van der Waals surface area contributed by atoms with Crippen molar-refractivity contribution in [3.8, 4) is 0 Å². The Kier molecular flexibility index (Phi) is 3.68. The molecule has 0 spiro atoms. The third kappa shape index (κ3) is 3.35. The molecule has 0 unspecified atom stereocenters. The van der Waals surface area contributed by atoms with Gasteiger partial charge in [-0.15, -0.1) is 0 Å². The van der Waals surface area contributed by atoms with Crippen LogP contribution in [0.3, 0.4) is 0 Å². The van der Waals surface area contributed by atoms with E-state index >= 15 is 0 Å². The molecule has 2 rings (SSSR count). The summed E-state index contributed by atoms with van der Waals surface area (Å²) in [5.41, 5.74) is 0.796. The largest absolute Gasteiger partial charge is 0.336 e. The number of hydrogen-bond donors (Lipinski definition) is 1. The molecular formula is C16H24N2O. The fourth-order valence-electron chi connectivity index (χ4n) is 2.50. The number of nitrogens with one attached hydrogen (secondary N) is 1. The Morgan fingerprint density at radius 3 is 2.42 bits per heavy atom. The van der Waals surface area contributed by atoms with Gasteiger partial charge in [0.2, 0.25) is 5.91 Å². The Morgan fingerprint density at radius 1 is 1.16 bits per heavy atom. The van der Waals surface area contributed by atoms with E-state index in [0.717, 1.165) is 13.1 Å². The summed E-state index contributed by atoms with van der Waals surface area (Å²) in [5.74, 6) is 0.231. The highest BCUT2D eigenvalue weighted by atomic mass is 16.2. The molecule has 104 valence electrons. The molecule has 19 heavy (non-hydrogen) atoms. The van der Waals surface area contributed by atoms with E-state index in [1.165, 1.54) is 5.56 Å². The molecule has 0 bridgehead atoms. The van der Waals surface area contributed by atoms with Crippen LogP contribution in [0.2, 0.25) is 0 Å². The second-order valence-corrected chi connectivity index (χ2v) is 6.77. The number of nitrogens with zero attached hydrogens (tertiary/aromatic N) is 1. The topological polar surface area (TPSA) is 32.3 Å². The molecule has 0 aromatic heterocycles. The van der Waals surface area contributed by atoms with Crippen LogP contribution >= 0.6 is 0 Å². The van der Waals surface area contributed by atoms with Crippen LogP contribution in [0.1, 0.15) is 33.3 Å². The van der Waals surface area contributed by atoms with Gasteiger partial charge in [-0.1, -0.05) is 30.3 Å². The monoisotopic (exact) mass is 260 g/mol. The molecule has 0 aliphatic carbocycles. The summed E-state index contributed by atoms with van der Waals surface area (Å²) in [5, 5.41) is 3.49. The maximum atomic E-state index is 12.6. The van der Waals surface area contributed by atoms with Crippen LogP contribution in [0.5, 0.6) is 0 Å². The van der Waals surface area contributed by atoms with E-state index in [9.17, 15) is 4.79 Å². The molecule has 0 atom stereocenters. The third-order valence-corrected chi connectivity index (χ3v) is 3.68. The van der Waals surface area contributed by atoms with Crippen molar-refractivity contribution in [2.45, 2.75) is 39.8 Å². The van der Waals surface area contributed by atoms with Gasteiger partial charge in [-0.25, -0.2) is 0 Å². The summed E-state index contributed by atoms with van der Waals surface area (Å²) in [6, 6.07) is 10.2. The quantitative estimate of drug-likeness (QED) is 0.885. The minimum Gasteiger partial charge on any atom is -0.336 e. The van der Waals surface area contributed by atoms with Gasteiger partial charge in [0.25, 0.3) is 0 Å². The van der Waals surface area contributed by atoms with Gasteiger partial charge in [-0.3, -0.25) is 4.79 Å². The average Bonchev–Trinajstić information content (AvgIpc) is 2.42. The minimum atomic E-state index is -0.345. The molecule has 1 saturated heterocycles. The summed E-state index contributed by atoms with van der Waals surface area (Å²) >= 11 is 0. The third-order valence-electron chi connectivity index (χ3n) is 3.68. The number of carbonyl (C=O) groups is 1. The molecule has 1 N–H and O–H groups in total. The maximum absolute atomic E-state index is 12.6. The summed E-state index contributed by atoms with van der Waals surface area (Å²) in [6.45, 7) is 10.5. The summed E-state index contributed by atoms with van der Waals surface area (Å²) < 4.78 is 0. The van der Waals surface area contributed by atoms with Crippen LogP contribution in [0.25, 0.3) is 0 Å². The zero-order valence-corrected chi connectivity index (χ0v) is 12.4. The van der Waals surface area contributed by atoms with Gasteiger partial charge in [-0.2, -0.15) is 0 Å². The highest BCUT2D eigenvalue weighted by Crippen LogP contribution is 2.25. The molecule has 1 fully saturated rings. The fourth-order valence-corrected chi connectivity index (χ4v) is 2.50. The lowest BCUT2D eigenvalue weighted by molar-refractivity contribution is -0.139. The molecule has 1 aromatic rings. The highest BCUT2D eigenvalue weighted by molar-refractivity contribution is 5.82. The molecular weight excluding hydrogens is 236 g/mol. The van der Waals surface area contributed by atoms with Crippen molar-refractivity contribution in [1.82, 2.24) is 10.2 Å². The van der Waals surface area contributed by atoms with Gasteiger partial charge in [0.1, 0.15) is 0 Å². The number of hydrogen-bond acceptors (Lipinski definition) is 2. The smallest absolute Gasteiger partial charge is 0.229 e. The zero-order valence-electron chi connectivity index (χ0n) is 12.4. The molecule has 3 heteroatoms. The summed E-state index contributed by atoms with van der Waals surface area (Å²) in [4.78, 5) is 14.6. The Morgan fingerprint density at radius 2 is 1.79 bits per heavy atom. The van der Waals surface area contributed by atoms with E-state index in [2.05, 4.69) is 31.3 Å². The second kappa shape index (κ2) is 4.97. The minimum absolute atomic E-state index is 0.0434. The molecule has 1 heterocycles. The average molecular weight is 260 g/mol. The van der Waals surface area contributed by atoms with Crippen LogP contribution in [0, 0.1) is 5.41 Å². The van der Waals surface area contributed by atoms with Crippen LogP contribution < -0.4 is 5.32 Å². The van der Waals surface area contributed by atoms with Crippen LogP contribution in [-0.2, 0) is 11.3 Å². The molecule has 1 amide bonds. The fraction of sp³-hybridized carbons (Fsp3) is 0.562. The number of carbonyl (C=O) groups excluding carboxylic acids is 1. The highest BCUT2D eigenvalue weighted by Gasteiger charge is 2.39. The zero-order chi connectivity index (χ0) is 14.1. The number of benzene rings is 1. The lowest BCUT2D eigenvalue weighted by Crippen LogP contribution is -2.46. The van der Waals surface area contributed by atoms with E-state index in [-0.39, 0.29) is 16.9 Å². The standard InChI is InChI=1S/C16H24N2O/c1-15(2)11-17-16(3,4)12-18(14(15)19)10-13-8-6-5-7-9-13/h5-9,17H,10-12H2,1-4H3. The Hall–Kier alpha value is -1.35. The number of rotatable bonds is 2. The molecule has 1 aliphatic heterocycles. The first kappa shape index (κ1) is 14.1. The normalized spacial score (nSPS) is 22.1. The predicted octanol–water partition coefficient (Wildman–Crippen LogP) is 2.42. The van der Waals surface area contributed by atoms with Crippen molar-refractivity contribution in [1.29, 1.82) is 0 Å².